The molecule has 2 aromatic carbocycles. The number of ether oxygens (including phenoxy) is 1. The average Bonchev–Trinajstić information content (AvgIpc) is 2.72. The van der Waals surface area contributed by atoms with Gasteiger partial charge in [-0.3, -0.25) is 0 Å². The van der Waals surface area contributed by atoms with Crippen LogP contribution in [-0.4, -0.2) is 69.0 Å². The molecule has 7 nitrogen and oxygen atoms in total. The van der Waals surface area contributed by atoms with Gasteiger partial charge in [-0.15, -0.1) is 0 Å². The summed E-state index contributed by atoms with van der Waals surface area (Å²) < 4.78 is 4.72. The molecule has 0 saturated heterocycles. The maximum absolute atomic E-state index is 11.7. The largest absolute Gasteiger partial charge is 0.465 e. The molecule has 8 heteroatoms. The van der Waals surface area contributed by atoms with E-state index in [1.165, 1.54) is 7.11 Å². The predicted octanol–water partition coefficient (Wildman–Crippen LogP) is 1.02. The van der Waals surface area contributed by atoms with Crippen molar-refractivity contribution in [2.45, 2.75) is 35.1 Å². The number of hydrogen-bond donors (Lipinski definition) is 5. The van der Waals surface area contributed by atoms with E-state index in [0.717, 1.165) is 22.9 Å². The lowest BCUT2D eigenvalue weighted by Crippen LogP contribution is -2.43. The van der Waals surface area contributed by atoms with Crippen molar-refractivity contribution in [2.24, 2.45) is 0 Å². The number of aliphatic hydroxyl groups is 5. The van der Waals surface area contributed by atoms with Gasteiger partial charge >= 0.3 is 5.97 Å². The van der Waals surface area contributed by atoms with E-state index in [-0.39, 0.29) is 13.0 Å². The number of carbonyl (C=O) groups is 1. The van der Waals surface area contributed by atoms with E-state index in [2.05, 4.69) is 0 Å². The topological polar surface area (TPSA) is 127 Å². The molecule has 5 N–H and O–H groups in total. The van der Waals surface area contributed by atoms with Gasteiger partial charge in [0.15, 0.2) is 0 Å². The zero-order valence-corrected chi connectivity index (χ0v) is 16.1. The summed E-state index contributed by atoms with van der Waals surface area (Å²) in [5, 5.41) is 48.3. The molecule has 4 atom stereocenters. The third-order valence-electron chi connectivity index (χ3n) is 4.19. The third kappa shape index (κ3) is 5.78. The minimum absolute atomic E-state index is 0.102. The first kappa shape index (κ1) is 22.4. The van der Waals surface area contributed by atoms with Gasteiger partial charge in [-0.25, -0.2) is 4.79 Å². The van der Waals surface area contributed by atoms with Crippen LogP contribution in [0.4, 0.5) is 0 Å². The van der Waals surface area contributed by atoms with Gasteiger partial charge in [-0.2, -0.15) is 0 Å². The third-order valence-corrected chi connectivity index (χ3v) is 5.25. The van der Waals surface area contributed by atoms with E-state index in [1.54, 1.807) is 42.5 Å². The number of thioether (sulfide) groups is 1. The molecule has 4 unspecified atom stereocenters. The van der Waals surface area contributed by atoms with Crippen molar-refractivity contribution in [1.29, 1.82) is 0 Å². The first-order valence-corrected chi connectivity index (χ1v) is 9.54. The summed E-state index contributed by atoms with van der Waals surface area (Å²) >= 11 is 0.929. The molecule has 0 aliphatic heterocycles. The quantitative estimate of drug-likeness (QED) is 0.236. The van der Waals surface area contributed by atoms with E-state index in [9.17, 15) is 25.2 Å². The molecule has 2 rings (SSSR count). The highest BCUT2D eigenvalue weighted by atomic mass is 32.2. The Hall–Kier alpha value is -1.94. The molecule has 0 saturated carbocycles. The molecule has 0 spiro atoms. The second-order valence-corrected chi connectivity index (χ2v) is 7.36. The molecule has 0 radical (unpaired) electrons. The van der Waals surface area contributed by atoms with Crippen LogP contribution in [0.15, 0.2) is 53.4 Å². The predicted molar refractivity (Wildman–Crippen MR) is 105 cm³/mol. The van der Waals surface area contributed by atoms with Crippen LogP contribution in [-0.2, 0) is 4.74 Å². The lowest BCUT2D eigenvalue weighted by Gasteiger charge is -2.25. The summed E-state index contributed by atoms with van der Waals surface area (Å²) in [4.78, 5) is 12.3. The summed E-state index contributed by atoms with van der Waals surface area (Å²) in [6, 6.07) is 14.0. The standard InChI is InChI=1S/C20H24O7S/c1-27-19(25)14-4-2-3-13(11-14)12-5-7-15(8-6-12)28-20(26)18(24)17(23)16(22)9-10-21/h2-8,11,16-18,20-24,26H,9-10H2,1H3. The van der Waals surface area contributed by atoms with Crippen LogP contribution in [0, 0.1) is 0 Å². The highest BCUT2D eigenvalue weighted by molar-refractivity contribution is 7.99. The van der Waals surface area contributed by atoms with Gasteiger partial charge in [0, 0.05) is 11.5 Å². The van der Waals surface area contributed by atoms with Crippen LogP contribution in [0.2, 0.25) is 0 Å². The molecule has 0 amide bonds. The van der Waals surface area contributed by atoms with Crippen molar-refractivity contribution in [3.05, 3.63) is 54.1 Å². The minimum atomic E-state index is -1.58. The van der Waals surface area contributed by atoms with Crippen LogP contribution < -0.4 is 0 Å². The molecule has 2 aromatic rings. The maximum Gasteiger partial charge on any atom is 0.337 e. The molecule has 0 fully saturated rings. The molecule has 0 aliphatic carbocycles. The zero-order valence-electron chi connectivity index (χ0n) is 15.3. The SMILES string of the molecule is COC(=O)c1cccc(-c2ccc(SC(O)C(O)C(O)C(O)CCO)cc2)c1. The summed E-state index contributed by atoms with van der Waals surface area (Å²) in [7, 11) is 1.32. The number of esters is 1. The monoisotopic (exact) mass is 408 g/mol. The van der Waals surface area contributed by atoms with Crippen LogP contribution in [0.25, 0.3) is 11.1 Å². The van der Waals surface area contributed by atoms with Gasteiger partial charge in [-0.1, -0.05) is 36.0 Å². The summed E-state index contributed by atoms with van der Waals surface area (Å²) in [6.07, 6.45) is -4.59. The lowest BCUT2D eigenvalue weighted by atomic mass is 10.0. The van der Waals surface area contributed by atoms with Crippen molar-refractivity contribution in [3.8, 4) is 11.1 Å². The number of rotatable bonds is 9. The highest BCUT2D eigenvalue weighted by Crippen LogP contribution is 2.29. The molecule has 28 heavy (non-hydrogen) atoms. The van der Waals surface area contributed by atoms with Crippen molar-refractivity contribution in [3.63, 3.8) is 0 Å². The molecule has 0 bridgehead atoms. The molecule has 0 aliphatic rings. The van der Waals surface area contributed by atoms with Crippen molar-refractivity contribution in [1.82, 2.24) is 0 Å². The van der Waals surface area contributed by atoms with Gasteiger partial charge < -0.3 is 30.3 Å². The Bertz CT molecular complexity index is 765. The Morgan fingerprint density at radius 2 is 1.68 bits per heavy atom. The van der Waals surface area contributed by atoms with Gasteiger partial charge in [-0.05, 0) is 41.8 Å². The van der Waals surface area contributed by atoms with Gasteiger partial charge in [0.2, 0.25) is 0 Å². The summed E-state index contributed by atoms with van der Waals surface area (Å²) in [5.74, 6) is -0.423. The van der Waals surface area contributed by atoms with Gasteiger partial charge in [0.25, 0.3) is 0 Å². The molecular formula is C20H24O7S. The lowest BCUT2D eigenvalue weighted by molar-refractivity contribution is -0.0886. The molecular weight excluding hydrogens is 384 g/mol. The fourth-order valence-electron chi connectivity index (χ4n) is 2.58. The van der Waals surface area contributed by atoms with E-state index in [4.69, 9.17) is 9.84 Å². The van der Waals surface area contributed by atoms with Crippen LogP contribution in [0.3, 0.4) is 0 Å². The molecule has 0 heterocycles. The maximum atomic E-state index is 11.7. The molecule has 0 aromatic heterocycles. The van der Waals surface area contributed by atoms with Crippen molar-refractivity contribution in [2.75, 3.05) is 13.7 Å². The second-order valence-electron chi connectivity index (χ2n) is 6.17. The van der Waals surface area contributed by atoms with Crippen LogP contribution in [0.1, 0.15) is 16.8 Å². The van der Waals surface area contributed by atoms with E-state index >= 15 is 0 Å². The Labute approximate surface area is 167 Å². The Morgan fingerprint density at radius 1 is 1.00 bits per heavy atom. The fraction of sp³-hybridized carbons (Fsp3) is 0.350. The Kier molecular flexibility index (Phi) is 8.43. The smallest absolute Gasteiger partial charge is 0.337 e. The number of carbonyl (C=O) groups excluding carboxylic acids is 1. The highest BCUT2D eigenvalue weighted by Gasteiger charge is 2.30. The summed E-state index contributed by atoms with van der Waals surface area (Å²) in [6.45, 7) is -0.340. The second kappa shape index (κ2) is 10.6. The van der Waals surface area contributed by atoms with Gasteiger partial charge in [0.1, 0.15) is 17.6 Å². The molecule has 152 valence electrons. The van der Waals surface area contributed by atoms with Crippen LogP contribution >= 0.6 is 11.8 Å². The van der Waals surface area contributed by atoms with Crippen LogP contribution in [0.5, 0.6) is 0 Å². The fourth-order valence-corrected chi connectivity index (χ4v) is 3.45. The number of hydrogen-bond acceptors (Lipinski definition) is 8. The van der Waals surface area contributed by atoms with Crippen molar-refractivity contribution >= 4 is 17.7 Å². The minimum Gasteiger partial charge on any atom is -0.465 e. The number of methoxy groups -OCH3 is 1. The summed E-state index contributed by atoms with van der Waals surface area (Å²) in [5.41, 5.74) is 0.746. The van der Waals surface area contributed by atoms with E-state index in [1.807, 2.05) is 6.07 Å². The zero-order chi connectivity index (χ0) is 20.7. The Morgan fingerprint density at radius 3 is 2.29 bits per heavy atom. The normalized spacial score (nSPS) is 15.5. The number of aliphatic hydroxyl groups excluding tert-OH is 5. The van der Waals surface area contributed by atoms with Crippen molar-refractivity contribution < 1.29 is 35.1 Å². The van der Waals surface area contributed by atoms with E-state index in [0.29, 0.717) is 10.5 Å². The average molecular weight is 408 g/mol. The first-order chi connectivity index (χ1) is 13.4. The first-order valence-electron chi connectivity index (χ1n) is 8.66. The van der Waals surface area contributed by atoms with Gasteiger partial charge in [0.05, 0.1) is 18.8 Å². The number of benzene rings is 2. The Balaban J connectivity index is 2.05. The van der Waals surface area contributed by atoms with E-state index < -0.39 is 29.7 Å².